The maximum atomic E-state index is 14.7. The summed E-state index contributed by atoms with van der Waals surface area (Å²) in [5.74, 6) is -7.19. The number of halogens is 6. The topological polar surface area (TPSA) is 18.5 Å². The van der Waals surface area contributed by atoms with E-state index in [0.717, 1.165) is 12.1 Å². The first-order valence-corrected chi connectivity index (χ1v) is 10.4. The normalized spacial score (nSPS) is 18.4. The van der Waals surface area contributed by atoms with Gasteiger partial charge < -0.3 is 9.47 Å². The maximum Gasteiger partial charge on any atom is 0.194 e. The fourth-order valence-electron chi connectivity index (χ4n) is 3.90. The van der Waals surface area contributed by atoms with E-state index in [4.69, 9.17) is 9.47 Å². The van der Waals surface area contributed by atoms with Gasteiger partial charge in [0, 0.05) is 11.5 Å². The molecular weight excluding hydrogens is 446 g/mol. The van der Waals surface area contributed by atoms with Crippen LogP contribution in [0.25, 0.3) is 11.1 Å². The molecule has 1 heterocycles. The van der Waals surface area contributed by atoms with Crippen molar-refractivity contribution in [3.8, 4) is 16.9 Å². The molecule has 3 aromatic carbocycles. The highest BCUT2D eigenvalue weighted by Crippen LogP contribution is 2.34. The van der Waals surface area contributed by atoms with Crippen molar-refractivity contribution in [2.75, 3.05) is 13.2 Å². The zero-order valence-corrected chi connectivity index (χ0v) is 17.6. The Kier molecular flexibility index (Phi) is 6.65. The second-order valence-corrected chi connectivity index (χ2v) is 8.13. The van der Waals surface area contributed by atoms with Crippen molar-refractivity contribution in [3.05, 3.63) is 88.5 Å². The Labute approximate surface area is 186 Å². The van der Waals surface area contributed by atoms with E-state index in [1.54, 1.807) is 13.0 Å². The highest BCUT2D eigenvalue weighted by atomic mass is 19.2. The summed E-state index contributed by atoms with van der Waals surface area (Å²) in [6.07, 6.45) is 0.725. The summed E-state index contributed by atoms with van der Waals surface area (Å²) in [7, 11) is 0. The lowest BCUT2D eigenvalue weighted by molar-refractivity contribution is -0.0292. The summed E-state index contributed by atoms with van der Waals surface area (Å²) in [5, 5.41) is 0. The van der Waals surface area contributed by atoms with Gasteiger partial charge in [-0.25, -0.2) is 26.3 Å². The number of benzene rings is 3. The monoisotopic (exact) mass is 466 g/mol. The lowest BCUT2D eigenvalue weighted by Gasteiger charge is -2.29. The molecule has 0 aliphatic carbocycles. The number of hydrogen-bond donors (Lipinski definition) is 0. The van der Waals surface area contributed by atoms with Crippen LogP contribution in [0.5, 0.6) is 5.75 Å². The van der Waals surface area contributed by atoms with E-state index in [0.29, 0.717) is 24.0 Å². The smallest absolute Gasteiger partial charge is 0.194 e. The van der Waals surface area contributed by atoms with Crippen molar-refractivity contribution < 1.29 is 35.8 Å². The number of rotatable bonds is 5. The molecule has 0 N–H and O–H groups in total. The van der Waals surface area contributed by atoms with E-state index in [2.05, 4.69) is 0 Å². The predicted octanol–water partition coefficient (Wildman–Crippen LogP) is 7.04. The Bertz CT molecular complexity index is 1130. The summed E-state index contributed by atoms with van der Waals surface area (Å²) in [5.41, 5.74) is 0.803. The SMILES string of the molecule is Cc1cc(F)c(OCC2CCC(c3ccc(-c4cc(F)c(F)c(F)c4)c(F)c3)OC2)c(F)c1. The van der Waals surface area contributed by atoms with E-state index >= 15 is 0 Å². The van der Waals surface area contributed by atoms with Crippen LogP contribution in [0, 0.1) is 47.7 Å². The molecule has 1 aliphatic rings. The molecule has 4 rings (SSSR count). The first-order chi connectivity index (χ1) is 15.7. The van der Waals surface area contributed by atoms with E-state index < -0.39 is 46.8 Å². The Morgan fingerprint density at radius 2 is 1.48 bits per heavy atom. The van der Waals surface area contributed by atoms with Crippen molar-refractivity contribution in [2.45, 2.75) is 25.9 Å². The molecule has 2 nitrogen and oxygen atoms in total. The third-order valence-electron chi connectivity index (χ3n) is 5.64. The van der Waals surface area contributed by atoms with Gasteiger partial charge in [0.1, 0.15) is 5.82 Å². The molecule has 0 amide bonds. The molecule has 0 bridgehead atoms. The minimum absolute atomic E-state index is 0.0681. The first kappa shape index (κ1) is 23.2. The molecule has 1 aliphatic heterocycles. The highest BCUT2D eigenvalue weighted by molar-refractivity contribution is 5.64. The van der Waals surface area contributed by atoms with Gasteiger partial charge in [-0.15, -0.1) is 0 Å². The van der Waals surface area contributed by atoms with Crippen molar-refractivity contribution in [1.29, 1.82) is 0 Å². The third kappa shape index (κ3) is 5.00. The van der Waals surface area contributed by atoms with Gasteiger partial charge in [0.25, 0.3) is 0 Å². The summed E-state index contributed by atoms with van der Waals surface area (Å²) < 4.78 is 93.8. The van der Waals surface area contributed by atoms with Gasteiger partial charge in [-0.3, -0.25) is 0 Å². The molecule has 33 heavy (non-hydrogen) atoms. The molecule has 174 valence electrons. The Hall–Kier alpha value is -3.00. The van der Waals surface area contributed by atoms with Crippen LogP contribution in [0.1, 0.15) is 30.1 Å². The minimum atomic E-state index is -1.61. The summed E-state index contributed by atoms with van der Waals surface area (Å²) in [4.78, 5) is 0. The van der Waals surface area contributed by atoms with E-state index in [9.17, 15) is 26.3 Å². The highest BCUT2D eigenvalue weighted by Gasteiger charge is 2.25. The van der Waals surface area contributed by atoms with Gasteiger partial charge in [0.15, 0.2) is 34.8 Å². The van der Waals surface area contributed by atoms with Crippen LogP contribution in [-0.2, 0) is 4.74 Å². The van der Waals surface area contributed by atoms with Crippen LogP contribution in [-0.4, -0.2) is 13.2 Å². The molecule has 0 saturated carbocycles. The minimum Gasteiger partial charge on any atom is -0.487 e. The lowest BCUT2D eigenvalue weighted by Crippen LogP contribution is -2.26. The van der Waals surface area contributed by atoms with E-state index in [-0.39, 0.29) is 30.3 Å². The average Bonchev–Trinajstić information content (AvgIpc) is 2.77. The molecule has 8 heteroatoms. The first-order valence-electron chi connectivity index (χ1n) is 10.4. The fraction of sp³-hybridized carbons (Fsp3) is 0.280. The second-order valence-electron chi connectivity index (χ2n) is 8.13. The van der Waals surface area contributed by atoms with Crippen molar-refractivity contribution in [2.24, 2.45) is 5.92 Å². The fourth-order valence-corrected chi connectivity index (χ4v) is 3.90. The Balaban J connectivity index is 1.39. The quantitative estimate of drug-likeness (QED) is 0.297. The van der Waals surface area contributed by atoms with Crippen LogP contribution >= 0.6 is 0 Å². The molecule has 0 radical (unpaired) electrons. The Morgan fingerprint density at radius 1 is 0.818 bits per heavy atom. The summed E-state index contributed by atoms with van der Waals surface area (Å²) >= 11 is 0. The van der Waals surface area contributed by atoms with Crippen LogP contribution in [0.15, 0.2) is 42.5 Å². The average molecular weight is 466 g/mol. The molecule has 0 spiro atoms. The standard InChI is InChI=1S/C25H20F6O2/c1-13-6-21(29)25(22(30)7-13)33-12-14-2-5-23(32-11-14)15-3-4-17(18(26)8-15)16-9-19(27)24(31)20(28)10-16/h3-4,6-10,14,23H,2,5,11-12H2,1H3. The summed E-state index contributed by atoms with van der Waals surface area (Å²) in [6, 6.07) is 8.01. The van der Waals surface area contributed by atoms with Crippen LogP contribution in [0.3, 0.4) is 0 Å². The predicted molar refractivity (Wildman–Crippen MR) is 110 cm³/mol. The van der Waals surface area contributed by atoms with Gasteiger partial charge in [-0.1, -0.05) is 12.1 Å². The van der Waals surface area contributed by atoms with Crippen molar-refractivity contribution in [1.82, 2.24) is 0 Å². The number of ether oxygens (including phenoxy) is 2. The number of aryl methyl sites for hydroxylation is 1. The van der Waals surface area contributed by atoms with Crippen LogP contribution < -0.4 is 4.74 Å². The lowest BCUT2D eigenvalue weighted by atomic mass is 9.93. The zero-order valence-electron chi connectivity index (χ0n) is 17.6. The molecule has 1 fully saturated rings. The van der Waals surface area contributed by atoms with Gasteiger partial charge >= 0.3 is 0 Å². The van der Waals surface area contributed by atoms with Crippen molar-refractivity contribution >= 4 is 0 Å². The molecule has 3 aromatic rings. The Morgan fingerprint density at radius 3 is 2.06 bits per heavy atom. The summed E-state index contributed by atoms with van der Waals surface area (Å²) in [6.45, 7) is 1.90. The van der Waals surface area contributed by atoms with Gasteiger partial charge in [0.2, 0.25) is 0 Å². The van der Waals surface area contributed by atoms with Gasteiger partial charge in [-0.05, 0) is 66.8 Å². The molecule has 2 unspecified atom stereocenters. The third-order valence-corrected chi connectivity index (χ3v) is 5.64. The van der Waals surface area contributed by atoms with Gasteiger partial charge in [-0.2, -0.15) is 0 Å². The number of hydrogen-bond acceptors (Lipinski definition) is 2. The van der Waals surface area contributed by atoms with E-state index in [1.807, 2.05) is 0 Å². The van der Waals surface area contributed by atoms with E-state index in [1.165, 1.54) is 24.3 Å². The molecular formula is C25H20F6O2. The molecule has 0 aromatic heterocycles. The molecule has 1 saturated heterocycles. The maximum absolute atomic E-state index is 14.7. The van der Waals surface area contributed by atoms with Gasteiger partial charge in [0.05, 0.1) is 19.3 Å². The van der Waals surface area contributed by atoms with Crippen molar-refractivity contribution in [3.63, 3.8) is 0 Å². The second kappa shape index (κ2) is 9.47. The zero-order chi connectivity index (χ0) is 23.7. The van der Waals surface area contributed by atoms with Crippen LogP contribution in [0.2, 0.25) is 0 Å². The molecule has 2 atom stereocenters. The largest absolute Gasteiger partial charge is 0.487 e. The van der Waals surface area contributed by atoms with Crippen LogP contribution in [0.4, 0.5) is 26.3 Å².